The third kappa shape index (κ3) is 11.1. The average Bonchev–Trinajstić information content (AvgIpc) is 4.47. The maximum Gasteiger partial charge on any atom is 0.373 e. The van der Waals surface area contributed by atoms with Crippen LogP contribution in [0.2, 0.25) is 0 Å². The lowest BCUT2D eigenvalue weighted by Crippen LogP contribution is -2.45. The second-order valence-electron chi connectivity index (χ2n) is 21.6. The zero-order valence-corrected chi connectivity index (χ0v) is 44.5. The fourth-order valence-corrected chi connectivity index (χ4v) is 14.8. The van der Waals surface area contributed by atoms with Gasteiger partial charge in [0.1, 0.15) is 0 Å². The number of nitrogens with zero attached hydrogens (tertiary/aromatic N) is 2. The first-order valence-corrected chi connectivity index (χ1v) is 26.5. The SMILES string of the molecule is CC(=O)NC12CCC(C1)c1ccccc12.CC(=O)NC12CCC(C1)c1ccccc12.CC(=O)NC12CCC(c3ccccc31)C2C.CC1C2CCC1(N=Cc1ccc([N+](=O)[O-])cc1)c1ccccc12.O=C=O.O=C=O.O=C=O. The van der Waals surface area contributed by atoms with E-state index in [2.05, 4.69) is 127 Å². The van der Waals surface area contributed by atoms with Crippen molar-refractivity contribution < 1.29 is 48.1 Å². The Balaban J connectivity index is 0.000000145. The largest absolute Gasteiger partial charge is 0.373 e. The standard InChI is InChI=1S/C19H18N2O2.C14H17NO.2C13H15NO.3CO2/c1-13-16-10-11-19(13,18-5-3-2-4-17(16)18)20-12-14-6-8-15(9-7-14)21(22)23;1-9-11-7-8-14(9,15-10(2)16)13-6-4-3-5-12(11)13;2*1-9(15)14-13-7-6-10(8-13)11-4-2-3-5-12(11)13;3*2-1-3/h2-9,12-13,16H,10-11H2,1H3;3-6,9,11H,7-8H2,1-2H3,(H,15,16);2*2-5,10H,6-8H2,1H3,(H,14,15);;;. The van der Waals surface area contributed by atoms with Gasteiger partial charge in [0.2, 0.25) is 17.7 Å². The van der Waals surface area contributed by atoms with Crippen LogP contribution in [0.15, 0.2) is 126 Å². The Kier molecular flexibility index (Phi) is 17.9. The number of rotatable bonds is 6. The third-order valence-electron chi connectivity index (χ3n) is 17.7. The van der Waals surface area contributed by atoms with Crippen LogP contribution in [0.25, 0.3) is 0 Å². The molecule has 404 valence electrons. The van der Waals surface area contributed by atoms with Crippen LogP contribution in [0.4, 0.5) is 5.69 Å². The van der Waals surface area contributed by atoms with Gasteiger partial charge in [-0.15, -0.1) is 0 Å². The van der Waals surface area contributed by atoms with E-state index in [0.717, 1.165) is 44.1 Å². The van der Waals surface area contributed by atoms with E-state index in [1.807, 2.05) is 6.21 Å². The summed E-state index contributed by atoms with van der Waals surface area (Å²) in [7, 11) is 0. The number of non-ortho nitro benzene ring substituents is 1. The first-order valence-electron chi connectivity index (χ1n) is 26.5. The van der Waals surface area contributed by atoms with E-state index < -0.39 is 0 Å². The molecule has 8 aliphatic carbocycles. The molecule has 0 heterocycles. The highest BCUT2D eigenvalue weighted by molar-refractivity contribution is 5.81. The van der Waals surface area contributed by atoms with Crippen molar-refractivity contribution >= 4 is 48.1 Å². The molecule has 0 aliphatic heterocycles. The van der Waals surface area contributed by atoms with Crippen molar-refractivity contribution in [2.75, 3.05) is 0 Å². The molecule has 4 saturated carbocycles. The number of hydrogen-bond donors (Lipinski definition) is 3. The molecule has 3 N–H and O–H groups in total. The lowest BCUT2D eigenvalue weighted by atomic mass is 9.84. The van der Waals surface area contributed by atoms with Crippen molar-refractivity contribution in [3.8, 4) is 0 Å². The molecule has 0 radical (unpaired) electrons. The van der Waals surface area contributed by atoms with Gasteiger partial charge in [-0.05, 0) is 162 Å². The Hall–Kier alpha value is -8.28. The van der Waals surface area contributed by atoms with E-state index >= 15 is 0 Å². The molecular formula is C62H65N5O11. The molecule has 4 fully saturated rings. The molecule has 8 bridgehead atoms. The van der Waals surface area contributed by atoms with Crippen LogP contribution < -0.4 is 16.0 Å². The van der Waals surface area contributed by atoms with E-state index in [-0.39, 0.29) is 68.9 Å². The summed E-state index contributed by atoms with van der Waals surface area (Å²) in [6.45, 7) is 9.42. The molecular weight excluding hydrogens is 991 g/mol. The molecule has 78 heavy (non-hydrogen) atoms. The zero-order chi connectivity index (χ0) is 56.4. The molecule has 0 spiro atoms. The summed E-state index contributed by atoms with van der Waals surface area (Å²) in [6, 6.07) is 40.9. The van der Waals surface area contributed by atoms with Gasteiger partial charge in [0, 0.05) is 39.1 Å². The van der Waals surface area contributed by atoms with Crippen molar-refractivity contribution in [2.24, 2.45) is 16.8 Å². The summed E-state index contributed by atoms with van der Waals surface area (Å²) in [5, 5.41) is 20.3. The fraction of sp³-hybridized carbons (Fsp3) is 0.403. The normalized spacial score (nSPS) is 27.9. The van der Waals surface area contributed by atoms with Gasteiger partial charge in [0.15, 0.2) is 0 Å². The Labute approximate surface area is 453 Å². The minimum Gasteiger partial charge on any atom is -0.347 e. The molecule has 3 amide bonds. The smallest absolute Gasteiger partial charge is 0.347 e. The number of fused-ring (bicyclic) bond motifs is 20. The summed E-state index contributed by atoms with van der Waals surface area (Å²) in [5.74, 6) is 3.91. The van der Waals surface area contributed by atoms with E-state index in [9.17, 15) is 24.5 Å². The number of hydrogen-bond acceptors (Lipinski definition) is 12. The molecule has 10 atom stereocenters. The monoisotopic (exact) mass is 1060 g/mol. The van der Waals surface area contributed by atoms with E-state index in [0.29, 0.717) is 35.5 Å². The highest BCUT2D eigenvalue weighted by Gasteiger charge is 2.56. The predicted molar refractivity (Wildman–Crippen MR) is 285 cm³/mol. The lowest BCUT2D eigenvalue weighted by Gasteiger charge is -2.32. The van der Waals surface area contributed by atoms with Gasteiger partial charge in [-0.2, -0.15) is 28.8 Å². The van der Waals surface area contributed by atoms with Gasteiger partial charge in [-0.25, -0.2) is 0 Å². The third-order valence-corrected chi connectivity index (χ3v) is 17.7. The summed E-state index contributed by atoms with van der Waals surface area (Å²) < 4.78 is 0. The zero-order valence-electron chi connectivity index (χ0n) is 44.5. The van der Waals surface area contributed by atoms with Crippen LogP contribution in [0.3, 0.4) is 0 Å². The quantitative estimate of drug-likeness (QED) is 0.0820. The summed E-state index contributed by atoms with van der Waals surface area (Å²) in [6.07, 6.45) is 14.1. The van der Waals surface area contributed by atoms with Crippen LogP contribution in [-0.4, -0.2) is 47.3 Å². The van der Waals surface area contributed by atoms with Crippen LogP contribution in [0, 0.1) is 22.0 Å². The van der Waals surface area contributed by atoms with Gasteiger partial charge in [-0.3, -0.25) is 29.5 Å². The van der Waals surface area contributed by atoms with Crippen molar-refractivity contribution in [1.82, 2.24) is 16.0 Å². The number of benzene rings is 5. The number of carbonyl (C=O) groups is 3. The molecule has 16 nitrogen and oxygen atoms in total. The summed E-state index contributed by atoms with van der Waals surface area (Å²) >= 11 is 0. The van der Waals surface area contributed by atoms with Crippen LogP contribution in [0.1, 0.15) is 173 Å². The maximum atomic E-state index is 11.4. The number of nitro benzene ring substituents is 1. The minimum absolute atomic E-state index is 0.0346. The highest BCUT2D eigenvalue weighted by Crippen LogP contribution is 2.62. The second kappa shape index (κ2) is 24.4. The fourth-order valence-electron chi connectivity index (χ4n) is 14.8. The molecule has 16 heteroatoms. The van der Waals surface area contributed by atoms with Crippen molar-refractivity contribution in [3.63, 3.8) is 0 Å². The first kappa shape index (κ1) is 57.4. The Morgan fingerprint density at radius 1 is 0.526 bits per heavy atom. The number of carbonyl (C=O) groups excluding carboxylic acids is 9. The Morgan fingerprint density at radius 3 is 1.38 bits per heavy atom. The minimum atomic E-state index is -0.379. The van der Waals surface area contributed by atoms with Crippen LogP contribution >= 0.6 is 0 Å². The van der Waals surface area contributed by atoms with Crippen LogP contribution in [-0.2, 0) is 65.3 Å². The summed E-state index contributed by atoms with van der Waals surface area (Å²) in [4.78, 5) is 98.1. The van der Waals surface area contributed by atoms with Gasteiger partial charge < -0.3 is 16.0 Å². The average molecular weight is 1060 g/mol. The molecule has 8 aliphatic rings. The molecule has 0 saturated heterocycles. The van der Waals surface area contributed by atoms with Gasteiger partial charge in [0.05, 0.1) is 27.1 Å². The number of aliphatic imine (C=N–C) groups is 1. The number of amides is 3. The van der Waals surface area contributed by atoms with Crippen molar-refractivity contribution in [1.29, 1.82) is 0 Å². The topological polar surface area (TPSA) is 245 Å². The van der Waals surface area contributed by atoms with E-state index in [1.165, 1.54) is 82.3 Å². The van der Waals surface area contributed by atoms with Crippen molar-refractivity contribution in [3.05, 3.63) is 182 Å². The van der Waals surface area contributed by atoms with Gasteiger partial charge >= 0.3 is 18.5 Å². The maximum absolute atomic E-state index is 11.4. The number of nitro groups is 1. The van der Waals surface area contributed by atoms with Gasteiger partial charge in [0.25, 0.3) is 5.69 Å². The lowest BCUT2D eigenvalue weighted by molar-refractivity contribution is -0.384. The molecule has 5 aromatic carbocycles. The Bertz CT molecular complexity index is 3070. The number of nitrogens with one attached hydrogen (secondary N) is 3. The van der Waals surface area contributed by atoms with Crippen LogP contribution in [0.5, 0.6) is 0 Å². The van der Waals surface area contributed by atoms with Gasteiger partial charge in [-0.1, -0.05) is 111 Å². The molecule has 13 rings (SSSR count). The second-order valence-corrected chi connectivity index (χ2v) is 21.6. The molecule has 5 aromatic rings. The predicted octanol–water partition coefficient (Wildman–Crippen LogP) is 9.83. The Morgan fingerprint density at radius 2 is 0.923 bits per heavy atom. The molecule has 10 unspecified atom stereocenters. The summed E-state index contributed by atoms with van der Waals surface area (Å²) in [5.41, 5.74) is 12.0. The first-order chi connectivity index (χ1) is 37.4. The van der Waals surface area contributed by atoms with Crippen molar-refractivity contribution in [2.45, 2.75) is 145 Å². The highest BCUT2D eigenvalue weighted by atomic mass is 16.6. The van der Waals surface area contributed by atoms with E-state index in [1.54, 1.807) is 32.9 Å². The van der Waals surface area contributed by atoms with E-state index in [4.69, 9.17) is 33.8 Å². The molecule has 0 aromatic heterocycles.